The first-order valence-electron chi connectivity index (χ1n) is 3.71. The molecule has 0 saturated heterocycles. The fourth-order valence-electron chi connectivity index (χ4n) is 0.906. The molecule has 64 valence electrons. The Balaban J connectivity index is 0.000000213. The quantitative estimate of drug-likeness (QED) is 0.605. The van der Waals surface area contributed by atoms with Crippen LogP contribution in [-0.4, -0.2) is 14.2 Å². The van der Waals surface area contributed by atoms with E-state index in [4.69, 9.17) is 0 Å². The van der Waals surface area contributed by atoms with Gasteiger partial charge in [0.25, 0.3) is 0 Å². The predicted molar refractivity (Wildman–Crippen MR) is 54.8 cm³/mol. The van der Waals surface area contributed by atoms with Crippen molar-refractivity contribution < 1.29 is 4.74 Å². The maximum absolute atomic E-state index is 4.25. The first-order chi connectivity index (χ1) is 5.88. The van der Waals surface area contributed by atoms with Crippen LogP contribution in [0, 0.1) is 0 Å². The molecule has 2 heteroatoms. The maximum atomic E-state index is 4.25. The molecule has 0 atom stereocenters. The van der Waals surface area contributed by atoms with Crippen molar-refractivity contribution in [1.82, 2.24) is 0 Å². The summed E-state index contributed by atoms with van der Waals surface area (Å²) in [4.78, 5) is 0. The standard InChI is InChI=1S/C8H6S.C2H6O/c1-2-4-8-7(3-1)5-6-9-8;1-3-2/h1-6H;1-2H3. The Labute approximate surface area is 76.6 Å². The topological polar surface area (TPSA) is 9.23 Å². The van der Waals surface area contributed by atoms with Crippen molar-refractivity contribution in [2.45, 2.75) is 0 Å². The molecular weight excluding hydrogens is 168 g/mol. The van der Waals surface area contributed by atoms with E-state index < -0.39 is 0 Å². The minimum absolute atomic E-state index is 1.35. The Kier molecular flexibility index (Phi) is 3.77. The lowest BCUT2D eigenvalue weighted by Crippen LogP contribution is -1.56. The Hall–Kier alpha value is -0.860. The lowest BCUT2D eigenvalue weighted by atomic mass is 10.3. The van der Waals surface area contributed by atoms with Gasteiger partial charge in [0.2, 0.25) is 0 Å². The Morgan fingerprint density at radius 3 is 2.42 bits per heavy atom. The Bertz CT molecular complexity index is 297. The van der Waals surface area contributed by atoms with E-state index in [2.05, 4.69) is 40.4 Å². The van der Waals surface area contributed by atoms with E-state index in [0.717, 1.165) is 0 Å². The van der Waals surface area contributed by atoms with E-state index in [1.165, 1.54) is 10.1 Å². The van der Waals surface area contributed by atoms with Crippen LogP contribution >= 0.6 is 11.3 Å². The summed E-state index contributed by atoms with van der Waals surface area (Å²) in [6.45, 7) is 0. The zero-order chi connectivity index (χ0) is 8.81. The van der Waals surface area contributed by atoms with Gasteiger partial charge in [0.1, 0.15) is 0 Å². The van der Waals surface area contributed by atoms with Crippen LogP contribution < -0.4 is 0 Å². The number of methoxy groups -OCH3 is 1. The smallest absolute Gasteiger partial charge is 0.0351 e. The van der Waals surface area contributed by atoms with Crippen LogP contribution in [0.15, 0.2) is 35.7 Å². The summed E-state index contributed by atoms with van der Waals surface area (Å²) in [5.74, 6) is 0. The highest BCUT2D eigenvalue weighted by molar-refractivity contribution is 7.17. The lowest BCUT2D eigenvalue weighted by Gasteiger charge is -1.82. The molecule has 0 spiro atoms. The number of hydrogen-bond acceptors (Lipinski definition) is 2. The van der Waals surface area contributed by atoms with Gasteiger partial charge in [-0.25, -0.2) is 0 Å². The molecule has 1 aromatic carbocycles. The molecule has 1 aromatic heterocycles. The first-order valence-corrected chi connectivity index (χ1v) is 4.59. The molecule has 0 bridgehead atoms. The van der Waals surface area contributed by atoms with E-state index >= 15 is 0 Å². The van der Waals surface area contributed by atoms with Crippen LogP contribution in [0.1, 0.15) is 0 Å². The highest BCUT2D eigenvalue weighted by atomic mass is 32.1. The normalized spacial score (nSPS) is 9.17. The van der Waals surface area contributed by atoms with Crippen LogP contribution in [0.4, 0.5) is 0 Å². The van der Waals surface area contributed by atoms with Gasteiger partial charge >= 0.3 is 0 Å². The van der Waals surface area contributed by atoms with Gasteiger partial charge in [0, 0.05) is 18.9 Å². The van der Waals surface area contributed by atoms with E-state index in [0.29, 0.717) is 0 Å². The van der Waals surface area contributed by atoms with E-state index in [-0.39, 0.29) is 0 Å². The minimum Gasteiger partial charge on any atom is -0.388 e. The van der Waals surface area contributed by atoms with Crippen LogP contribution in [0.3, 0.4) is 0 Å². The number of fused-ring (bicyclic) bond motifs is 1. The SMILES string of the molecule is COC.c1ccc2sccc2c1. The third-order valence-corrected chi connectivity index (χ3v) is 2.26. The molecule has 0 unspecified atom stereocenters. The summed E-state index contributed by atoms with van der Waals surface area (Å²) in [6.07, 6.45) is 0. The van der Waals surface area contributed by atoms with Crippen molar-refractivity contribution in [2.75, 3.05) is 14.2 Å². The van der Waals surface area contributed by atoms with Crippen molar-refractivity contribution in [1.29, 1.82) is 0 Å². The molecule has 0 aliphatic carbocycles. The highest BCUT2D eigenvalue weighted by Crippen LogP contribution is 2.18. The first kappa shape index (κ1) is 9.23. The van der Waals surface area contributed by atoms with Crippen LogP contribution in [-0.2, 0) is 4.74 Å². The Morgan fingerprint density at radius 2 is 1.75 bits per heavy atom. The van der Waals surface area contributed by atoms with Gasteiger partial charge in [-0.15, -0.1) is 11.3 Å². The summed E-state index contributed by atoms with van der Waals surface area (Å²) < 4.78 is 5.62. The van der Waals surface area contributed by atoms with E-state index in [1.807, 2.05) is 0 Å². The molecule has 1 heterocycles. The fourth-order valence-corrected chi connectivity index (χ4v) is 1.70. The monoisotopic (exact) mass is 180 g/mol. The average molecular weight is 180 g/mol. The molecule has 0 radical (unpaired) electrons. The zero-order valence-electron chi connectivity index (χ0n) is 7.28. The van der Waals surface area contributed by atoms with Crippen LogP contribution in [0.25, 0.3) is 10.1 Å². The largest absolute Gasteiger partial charge is 0.388 e. The van der Waals surface area contributed by atoms with Crippen molar-refractivity contribution in [3.63, 3.8) is 0 Å². The van der Waals surface area contributed by atoms with Gasteiger partial charge in [-0.3, -0.25) is 0 Å². The second-order valence-electron chi connectivity index (χ2n) is 2.37. The molecule has 0 fully saturated rings. The number of hydrogen-bond donors (Lipinski definition) is 0. The lowest BCUT2D eigenvalue weighted by molar-refractivity contribution is 0.277. The average Bonchev–Trinajstić information content (AvgIpc) is 2.52. The molecule has 12 heavy (non-hydrogen) atoms. The predicted octanol–water partition coefficient (Wildman–Crippen LogP) is 3.16. The fraction of sp³-hybridized carbons (Fsp3) is 0.200. The molecule has 0 saturated carbocycles. The molecule has 0 aliphatic rings. The number of rotatable bonds is 0. The number of thiophene rings is 1. The molecule has 2 aromatic rings. The summed E-state index contributed by atoms with van der Waals surface area (Å²) in [5.41, 5.74) is 0. The second kappa shape index (κ2) is 4.91. The molecule has 1 nitrogen and oxygen atoms in total. The third kappa shape index (κ3) is 2.32. The molecule has 2 rings (SSSR count). The maximum Gasteiger partial charge on any atom is 0.0351 e. The van der Waals surface area contributed by atoms with Crippen molar-refractivity contribution in [3.8, 4) is 0 Å². The van der Waals surface area contributed by atoms with Gasteiger partial charge in [0.05, 0.1) is 0 Å². The Morgan fingerprint density at radius 1 is 1.08 bits per heavy atom. The van der Waals surface area contributed by atoms with Gasteiger partial charge in [-0.1, -0.05) is 18.2 Å². The highest BCUT2D eigenvalue weighted by Gasteiger charge is 1.87. The van der Waals surface area contributed by atoms with Crippen molar-refractivity contribution in [2.24, 2.45) is 0 Å². The van der Waals surface area contributed by atoms with Gasteiger partial charge in [-0.2, -0.15) is 0 Å². The van der Waals surface area contributed by atoms with Gasteiger partial charge in [0.15, 0.2) is 0 Å². The van der Waals surface area contributed by atoms with Crippen LogP contribution in [0.5, 0.6) is 0 Å². The second-order valence-corrected chi connectivity index (χ2v) is 3.31. The molecule has 0 N–H and O–H groups in total. The summed E-state index contributed by atoms with van der Waals surface area (Å²) in [5, 5.41) is 3.47. The summed E-state index contributed by atoms with van der Waals surface area (Å²) >= 11 is 1.79. The van der Waals surface area contributed by atoms with Crippen molar-refractivity contribution in [3.05, 3.63) is 35.7 Å². The van der Waals surface area contributed by atoms with Gasteiger partial charge < -0.3 is 4.74 Å². The molecular formula is C10H12OS. The summed E-state index contributed by atoms with van der Waals surface area (Å²) in [6, 6.07) is 10.5. The van der Waals surface area contributed by atoms with Crippen LogP contribution in [0.2, 0.25) is 0 Å². The van der Waals surface area contributed by atoms with E-state index in [9.17, 15) is 0 Å². The molecule has 0 amide bonds. The minimum atomic E-state index is 1.35. The van der Waals surface area contributed by atoms with Gasteiger partial charge in [-0.05, 0) is 22.9 Å². The number of ether oxygens (including phenoxy) is 1. The third-order valence-electron chi connectivity index (χ3n) is 1.36. The van der Waals surface area contributed by atoms with E-state index in [1.54, 1.807) is 25.6 Å². The number of benzene rings is 1. The zero-order valence-corrected chi connectivity index (χ0v) is 8.10. The summed E-state index contributed by atoms with van der Waals surface area (Å²) in [7, 11) is 3.25. The van der Waals surface area contributed by atoms with Crippen molar-refractivity contribution >= 4 is 21.4 Å². The molecule has 0 aliphatic heterocycles.